The minimum Gasteiger partial charge on any atom is -0.493 e. The van der Waals surface area contributed by atoms with Gasteiger partial charge in [-0.1, -0.05) is 30.3 Å². The summed E-state index contributed by atoms with van der Waals surface area (Å²) in [7, 11) is 1.51. The Hall–Kier alpha value is -2.82. The number of methoxy groups -OCH3 is 1. The number of benzene rings is 2. The molecule has 25 heavy (non-hydrogen) atoms. The van der Waals surface area contributed by atoms with Crippen molar-refractivity contribution in [3.05, 3.63) is 59.7 Å². The summed E-state index contributed by atoms with van der Waals surface area (Å²) in [5, 5.41) is 2.91. The van der Waals surface area contributed by atoms with E-state index in [0.29, 0.717) is 17.1 Å². The average molecular weight is 341 g/mol. The molecule has 0 heterocycles. The zero-order chi connectivity index (χ0) is 18.1. The molecule has 0 spiro atoms. The summed E-state index contributed by atoms with van der Waals surface area (Å²) in [6.07, 6.45) is 2.47. The number of rotatable bonds is 9. The number of carbonyl (C=O) groups excluding carboxylic acids is 2. The Morgan fingerprint density at radius 3 is 2.60 bits per heavy atom. The second kappa shape index (κ2) is 9.47. The molecule has 1 N–H and O–H groups in total. The fourth-order valence-electron chi connectivity index (χ4n) is 2.44. The van der Waals surface area contributed by atoms with Crippen LogP contribution >= 0.6 is 0 Å². The standard InChI is InChI=1S/C20H23NO4/c1-15(8-9-16-6-4-3-5-7-16)21-20(23)14-25-19-12-17(13-22)10-11-18(19)24-2/h3-7,10-13,15H,8-9,14H2,1-2H3,(H,21,23)/t15-/m1/s1. The Bertz CT molecular complexity index is 700. The van der Waals surface area contributed by atoms with E-state index in [4.69, 9.17) is 9.47 Å². The molecule has 0 aliphatic heterocycles. The third-order valence-electron chi connectivity index (χ3n) is 3.80. The van der Waals surface area contributed by atoms with Gasteiger partial charge in [0, 0.05) is 11.6 Å². The van der Waals surface area contributed by atoms with Crippen molar-refractivity contribution in [3.8, 4) is 11.5 Å². The molecule has 132 valence electrons. The Morgan fingerprint density at radius 1 is 1.16 bits per heavy atom. The molecule has 0 aliphatic rings. The van der Waals surface area contributed by atoms with Crippen LogP contribution in [0.2, 0.25) is 0 Å². The molecule has 0 aliphatic carbocycles. The van der Waals surface area contributed by atoms with Gasteiger partial charge in [-0.25, -0.2) is 0 Å². The molecule has 0 aromatic heterocycles. The highest BCUT2D eigenvalue weighted by Crippen LogP contribution is 2.27. The minimum absolute atomic E-state index is 0.0412. The molecule has 0 bridgehead atoms. The molecule has 0 unspecified atom stereocenters. The lowest BCUT2D eigenvalue weighted by atomic mass is 10.1. The molecular weight excluding hydrogens is 318 g/mol. The highest BCUT2D eigenvalue weighted by atomic mass is 16.5. The first-order valence-corrected chi connectivity index (χ1v) is 8.21. The van der Waals surface area contributed by atoms with Gasteiger partial charge >= 0.3 is 0 Å². The van der Waals surface area contributed by atoms with Crippen molar-refractivity contribution in [2.24, 2.45) is 0 Å². The lowest BCUT2D eigenvalue weighted by molar-refractivity contribution is -0.123. The molecule has 2 aromatic carbocycles. The van der Waals surface area contributed by atoms with Crippen molar-refractivity contribution in [1.82, 2.24) is 5.32 Å². The van der Waals surface area contributed by atoms with Gasteiger partial charge in [0.1, 0.15) is 6.29 Å². The van der Waals surface area contributed by atoms with Crippen molar-refractivity contribution in [2.45, 2.75) is 25.8 Å². The quantitative estimate of drug-likeness (QED) is 0.712. The van der Waals surface area contributed by atoms with Crippen LogP contribution < -0.4 is 14.8 Å². The summed E-state index contributed by atoms with van der Waals surface area (Å²) in [5.74, 6) is 0.647. The largest absolute Gasteiger partial charge is 0.493 e. The number of ether oxygens (including phenoxy) is 2. The van der Waals surface area contributed by atoms with E-state index in [0.717, 1.165) is 19.1 Å². The van der Waals surface area contributed by atoms with Gasteiger partial charge in [0.2, 0.25) is 0 Å². The molecule has 0 radical (unpaired) electrons. The maximum atomic E-state index is 12.0. The van der Waals surface area contributed by atoms with Gasteiger partial charge in [-0.15, -0.1) is 0 Å². The zero-order valence-corrected chi connectivity index (χ0v) is 14.5. The Kier molecular flexibility index (Phi) is 7.01. The maximum Gasteiger partial charge on any atom is 0.258 e. The Labute approximate surface area is 148 Å². The van der Waals surface area contributed by atoms with Crippen molar-refractivity contribution in [3.63, 3.8) is 0 Å². The van der Waals surface area contributed by atoms with Crippen LogP contribution in [-0.4, -0.2) is 32.0 Å². The lowest BCUT2D eigenvalue weighted by Crippen LogP contribution is -2.36. The summed E-state index contributed by atoms with van der Waals surface area (Å²) >= 11 is 0. The van der Waals surface area contributed by atoms with E-state index >= 15 is 0 Å². The van der Waals surface area contributed by atoms with E-state index in [-0.39, 0.29) is 18.6 Å². The van der Waals surface area contributed by atoms with Crippen LogP contribution in [0.25, 0.3) is 0 Å². The summed E-state index contributed by atoms with van der Waals surface area (Å²) < 4.78 is 10.7. The van der Waals surface area contributed by atoms with Crippen LogP contribution in [-0.2, 0) is 11.2 Å². The average Bonchev–Trinajstić information content (AvgIpc) is 2.65. The summed E-state index contributed by atoms with van der Waals surface area (Å²) in [5.41, 5.74) is 1.71. The monoisotopic (exact) mass is 341 g/mol. The number of carbonyl (C=O) groups is 2. The van der Waals surface area contributed by atoms with Gasteiger partial charge in [0.15, 0.2) is 18.1 Å². The van der Waals surface area contributed by atoms with E-state index in [1.807, 2.05) is 25.1 Å². The fraction of sp³-hybridized carbons (Fsp3) is 0.300. The summed E-state index contributed by atoms with van der Waals surface area (Å²) in [6, 6.07) is 15.0. The van der Waals surface area contributed by atoms with Crippen molar-refractivity contribution >= 4 is 12.2 Å². The summed E-state index contributed by atoms with van der Waals surface area (Å²) in [6.45, 7) is 1.84. The van der Waals surface area contributed by atoms with Crippen LogP contribution in [0, 0.1) is 0 Å². The zero-order valence-electron chi connectivity index (χ0n) is 14.5. The normalized spacial score (nSPS) is 11.4. The van der Waals surface area contributed by atoms with E-state index in [1.54, 1.807) is 18.2 Å². The second-order valence-corrected chi connectivity index (χ2v) is 5.81. The molecule has 1 atom stereocenters. The van der Waals surface area contributed by atoms with E-state index < -0.39 is 0 Å². The molecule has 2 aromatic rings. The number of aldehydes is 1. The van der Waals surface area contributed by atoms with Gasteiger partial charge in [-0.3, -0.25) is 9.59 Å². The molecule has 2 rings (SSSR count). The highest BCUT2D eigenvalue weighted by molar-refractivity contribution is 5.78. The molecule has 0 saturated heterocycles. The summed E-state index contributed by atoms with van der Waals surface area (Å²) in [4.78, 5) is 22.9. The highest BCUT2D eigenvalue weighted by Gasteiger charge is 2.11. The Morgan fingerprint density at radius 2 is 1.92 bits per heavy atom. The fourth-order valence-corrected chi connectivity index (χ4v) is 2.44. The van der Waals surface area contributed by atoms with E-state index in [9.17, 15) is 9.59 Å². The first-order valence-electron chi connectivity index (χ1n) is 8.21. The topological polar surface area (TPSA) is 64.6 Å². The predicted molar refractivity (Wildman–Crippen MR) is 96.2 cm³/mol. The molecule has 5 nitrogen and oxygen atoms in total. The molecule has 5 heteroatoms. The van der Waals surface area contributed by atoms with Crippen LogP contribution in [0.15, 0.2) is 48.5 Å². The number of hydrogen-bond donors (Lipinski definition) is 1. The molecular formula is C20H23NO4. The van der Waals surface area contributed by atoms with Crippen molar-refractivity contribution in [2.75, 3.05) is 13.7 Å². The van der Waals surface area contributed by atoms with Crippen LogP contribution in [0.5, 0.6) is 11.5 Å². The molecule has 0 fully saturated rings. The van der Waals surface area contributed by atoms with Gasteiger partial charge in [0.25, 0.3) is 5.91 Å². The maximum absolute atomic E-state index is 12.0. The second-order valence-electron chi connectivity index (χ2n) is 5.81. The first kappa shape index (κ1) is 18.5. The van der Waals surface area contributed by atoms with Crippen LogP contribution in [0.1, 0.15) is 29.3 Å². The van der Waals surface area contributed by atoms with Gasteiger partial charge in [-0.05, 0) is 43.5 Å². The number of aryl methyl sites for hydroxylation is 1. The van der Waals surface area contributed by atoms with Crippen LogP contribution in [0.4, 0.5) is 0 Å². The van der Waals surface area contributed by atoms with Gasteiger partial charge < -0.3 is 14.8 Å². The molecule has 0 saturated carbocycles. The number of nitrogens with one attached hydrogen (secondary N) is 1. The first-order chi connectivity index (χ1) is 12.1. The van der Waals surface area contributed by atoms with Crippen molar-refractivity contribution < 1.29 is 19.1 Å². The van der Waals surface area contributed by atoms with Gasteiger partial charge in [0.05, 0.1) is 7.11 Å². The van der Waals surface area contributed by atoms with Crippen LogP contribution in [0.3, 0.4) is 0 Å². The van der Waals surface area contributed by atoms with Crippen molar-refractivity contribution in [1.29, 1.82) is 0 Å². The molecule has 1 amide bonds. The number of amides is 1. The SMILES string of the molecule is COc1ccc(C=O)cc1OCC(=O)N[C@H](C)CCc1ccccc1. The lowest BCUT2D eigenvalue weighted by Gasteiger charge is -2.15. The van der Waals surface area contributed by atoms with Gasteiger partial charge in [-0.2, -0.15) is 0 Å². The smallest absolute Gasteiger partial charge is 0.258 e. The predicted octanol–water partition coefficient (Wildman–Crippen LogP) is 3.02. The van der Waals surface area contributed by atoms with E-state index in [1.165, 1.54) is 12.7 Å². The number of hydrogen-bond acceptors (Lipinski definition) is 4. The third kappa shape index (κ3) is 5.95. The third-order valence-corrected chi connectivity index (χ3v) is 3.80. The van der Waals surface area contributed by atoms with E-state index in [2.05, 4.69) is 17.4 Å². The minimum atomic E-state index is -0.209. The Balaban J connectivity index is 1.81.